The summed E-state index contributed by atoms with van der Waals surface area (Å²) in [7, 11) is 0. The number of hydrogen-bond donors (Lipinski definition) is 0. The number of halogens is 1. The third-order valence-corrected chi connectivity index (χ3v) is 1.53. The fraction of sp³-hybridized carbons (Fsp3) is 0.857. The average molecular weight is 190 g/mol. The van der Waals surface area contributed by atoms with Crippen molar-refractivity contribution in [1.82, 2.24) is 0 Å². The largest absolute Gasteiger partial charge is 0.197 e. The zero-order chi connectivity index (χ0) is 7.49. The van der Waals surface area contributed by atoms with Crippen LogP contribution in [0.3, 0.4) is 0 Å². The SMILES string of the molecule is CC(C)CC(C)(Br)C#N. The predicted octanol–water partition coefficient (Wildman–Crippen LogP) is 2.71. The summed E-state index contributed by atoms with van der Waals surface area (Å²) in [6.45, 7) is 6.11. The molecular weight excluding hydrogens is 178 g/mol. The van der Waals surface area contributed by atoms with Crippen molar-refractivity contribution < 1.29 is 0 Å². The normalized spacial score (nSPS) is 16.9. The minimum Gasteiger partial charge on any atom is -0.197 e. The quantitative estimate of drug-likeness (QED) is 0.614. The van der Waals surface area contributed by atoms with Gasteiger partial charge in [-0.2, -0.15) is 5.26 Å². The topological polar surface area (TPSA) is 23.8 Å². The van der Waals surface area contributed by atoms with Crippen LogP contribution in [-0.2, 0) is 0 Å². The van der Waals surface area contributed by atoms with Crippen LogP contribution in [0.2, 0.25) is 0 Å². The molecule has 0 aliphatic heterocycles. The number of hydrogen-bond acceptors (Lipinski definition) is 1. The lowest BCUT2D eigenvalue weighted by atomic mass is 10.0. The second kappa shape index (κ2) is 3.22. The van der Waals surface area contributed by atoms with E-state index in [9.17, 15) is 0 Å². The molecule has 0 N–H and O–H groups in total. The summed E-state index contributed by atoms with van der Waals surface area (Å²) in [4.78, 5) is 0. The van der Waals surface area contributed by atoms with Crippen molar-refractivity contribution in [2.24, 2.45) is 5.92 Å². The molecular formula is C7H12BrN. The summed E-state index contributed by atoms with van der Waals surface area (Å²) < 4.78 is -0.318. The molecule has 1 unspecified atom stereocenters. The summed E-state index contributed by atoms with van der Waals surface area (Å²) in [6.07, 6.45) is 0.906. The molecule has 0 saturated carbocycles. The second-order valence-electron chi connectivity index (χ2n) is 2.91. The summed E-state index contributed by atoms with van der Waals surface area (Å²) in [5.74, 6) is 0.578. The summed E-state index contributed by atoms with van der Waals surface area (Å²) in [5, 5.41) is 8.55. The Bertz CT molecular complexity index is 121. The van der Waals surface area contributed by atoms with E-state index in [1.807, 2.05) is 6.92 Å². The van der Waals surface area contributed by atoms with Crippen LogP contribution in [0.1, 0.15) is 27.2 Å². The molecule has 52 valence electrons. The molecule has 0 saturated heterocycles. The molecule has 0 amide bonds. The highest BCUT2D eigenvalue weighted by Gasteiger charge is 2.19. The van der Waals surface area contributed by atoms with Crippen LogP contribution in [0.15, 0.2) is 0 Å². The standard InChI is InChI=1S/C7H12BrN/c1-6(2)4-7(3,8)5-9/h6H,4H2,1-3H3. The molecule has 0 aromatic carbocycles. The summed E-state index contributed by atoms with van der Waals surface area (Å²) in [5.41, 5.74) is 0. The molecule has 0 fully saturated rings. The molecule has 0 bridgehead atoms. The smallest absolute Gasteiger partial charge is 0.109 e. The molecule has 1 atom stereocenters. The van der Waals surface area contributed by atoms with Gasteiger partial charge in [0, 0.05) is 0 Å². The highest BCUT2D eigenvalue weighted by Crippen LogP contribution is 2.24. The van der Waals surface area contributed by atoms with Crippen LogP contribution < -0.4 is 0 Å². The van der Waals surface area contributed by atoms with Crippen LogP contribution in [0.4, 0.5) is 0 Å². The van der Waals surface area contributed by atoms with Gasteiger partial charge < -0.3 is 0 Å². The Balaban J connectivity index is 3.76. The van der Waals surface area contributed by atoms with E-state index in [1.54, 1.807) is 0 Å². The van der Waals surface area contributed by atoms with Crippen molar-refractivity contribution in [3.63, 3.8) is 0 Å². The van der Waals surface area contributed by atoms with E-state index in [0.717, 1.165) is 6.42 Å². The monoisotopic (exact) mass is 189 g/mol. The number of alkyl halides is 1. The molecule has 1 nitrogen and oxygen atoms in total. The molecule has 9 heavy (non-hydrogen) atoms. The first-order valence-corrected chi connectivity index (χ1v) is 3.87. The molecule has 2 heteroatoms. The maximum atomic E-state index is 8.55. The van der Waals surface area contributed by atoms with E-state index < -0.39 is 0 Å². The predicted molar refractivity (Wildman–Crippen MR) is 42.4 cm³/mol. The van der Waals surface area contributed by atoms with Gasteiger partial charge >= 0.3 is 0 Å². The van der Waals surface area contributed by atoms with Gasteiger partial charge in [0.15, 0.2) is 0 Å². The van der Waals surface area contributed by atoms with Crippen molar-refractivity contribution in [2.45, 2.75) is 31.5 Å². The van der Waals surface area contributed by atoms with Gasteiger partial charge in [-0.3, -0.25) is 0 Å². The van der Waals surface area contributed by atoms with Crippen molar-refractivity contribution in [2.75, 3.05) is 0 Å². The Morgan fingerprint density at radius 3 is 2.22 bits per heavy atom. The fourth-order valence-electron chi connectivity index (χ4n) is 0.812. The van der Waals surface area contributed by atoms with E-state index in [2.05, 4.69) is 35.8 Å². The van der Waals surface area contributed by atoms with Crippen molar-refractivity contribution in [1.29, 1.82) is 5.26 Å². The fourth-order valence-corrected chi connectivity index (χ4v) is 1.46. The van der Waals surface area contributed by atoms with Gasteiger partial charge in [0.25, 0.3) is 0 Å². The van der Waals surface area contributed by atoms with Gasteiger partial charge in [0.1, 0.15) is 4.32 Å². The van der Waals surface area contributed by atoms with Gasteiger partial charge in [-0.1, -0.05) is 29.8 Å². The van der Waals surface area contributed by atoms with Crippen LogP contribution in [0, 0.1) is 17.2 Å². The van der Waals surface area contributed by atoms with Gasteiger partial charge in [-0.15, -0.1) is 0 Å². The maximum absolute atomic E-state index is 8.55. The lowest BCUT2D eigenvalue weighted by Crippen LogP contribution is -2.14. The Kier molecular flexibility index (Phi) is 3.21. The van der Waals surface area contributed by atoms with Gasteiger partial charge in [-0.25, -0.2) is 0 Å². The van der Waals surface area contributed by atoms with Crippen molar-refractivity contribution in [3.8, 4) is 6.07 Å². The highest BCUT2D eigenvalue weighted by molar-refractivity contribution is 9.10. The third-order valence-electron chi connectivity index (χ3n) is 1.02. The van der Waals surface area contributed by atoms with E-state index >= 15 is 0 Å². The molecule has 0 aliphatic carbocycles. The lowest BCUT2D eigenvalue weighted by molar-refractivity contribution is 0.544. The Morgan fingerprint density at radius 1 is 1.67 bits per heavy atom. The zero-order valence-electron chi connectivity index (χ0n) is 6.11. The first kappa shape index (κ1) is 8.97. The Hall–Kier alpha value is -0.0300. The second-order valence-corrected chi connectivity index (χ2v) is 4.66. The number of nitrogens with zero attached hydrogens (tertiary/aromatic N) is 1. The number of nitriles is 1. The molecule has 0 radical (unpaired) electrons. The summed E-state index contributed by atoms with van der Waals surface area (Å²) >= 11 is 3.32. The molecule has 0 heterocycles. The third kappa shape index (κ3) is 4.47. The number of rotatable bonds is 2. The minimum atomic E-state index is -0.318. The highest BCUT2D eigenvalue weighted by atomic mass is 79.9. The van der Waals surface area contributed by atoms with Crippen molar-refractivity contribution in [3.05, 3.63) is 0 Å². The van der Waals surface area contributed by atoms with Gasteiger partial charge in [0.2, 0.25) is 0 Å². The van der Waals surface area contributed by atoms with E-state index in [0.29, 0.717) is 5.92 Å². The van der Waals surface area contributed by atoms with E-state index in [-0.39, 0.29) is 4.32 Å². The van der Waals surface area contributed by atoms with E-state index in [4.69, 9.17) is 5.26 Å². The zero-order valence-corrected chi connectivity index (χ0v) is 7.70. The van der Waals surface area contributed by atoms with E-state index in [1.165, 1.54) is 0 Å². The van der Waals surface area contributed by atoms with Crippen LogP contribution in [-0.4, -0.2) is 4.32 Å². The van der Waals surface area contributed by atoms with Crippen LogP contribution in [0.25, 0.3) is 0 Å². The Morgan fingerprint density at radius 2 is 2.11 bits per heavy atom. The van der Waals surface area contributed by atoms with Crippen LogP contribution >= 0.6 is 15.9 Å². The average Bonchev–Trinajstić information content (AvgIpc) is 1.63. The molecule has 0 rings (SSSR count). The lowest BCUT2D eigenvalue weighted by Gasteiger charge is -2.14. The first-order valence-electron chi connectivity index (χ1n) is 3.08. The molecule has 0 aliphatic rings. The minimum absolute atomic E-state index is 0.318. The molecule has 0 spiro atoms. The van der Waals surface area contributed by atoms with Gasteiger partial charge in [-0.05, 0) is 19.3 Å². The molecule has 0 aromatic rings. The van der Waals surface area contributed by atoms with Gasteiger partial charge in [0.05, 0.1) is 6.07 Å². The Labute approximate surface area is 65.2 Å². The first-order chi connectivity index (χ1) is 3.98. The summed E-state index contributed by atoms with van der Waals surface area (Å²) in [6, 6.07) is 2.19. The van der Waals surface area contributed by atoms with Crippen molar-refractivity contribution >= 4 is 15.9 Å². The molecule has 0 aromatic heterocycles. The van der Waals surface area contributed by atoms with Crippen LogP contribution in [0.5, 0.6) is 0 Å². The maximum Gasteiger partial charge on any atom is 0.109 e.